The normalized spacial score (nSPS) is 14.0. The maximum atomic E-state index is 12.4. The molecule has 0 aliphatic carbocycles. The average molecular weight is 740 g/mol. The molecule has 6 nitrogen and oxygen atoms in total. The molecule has 0 aromatic carbocycles. The van der Waals surface area contributed by atoms with E-state index < -0.39 is 36.9 Å². The van der Waals surface area contributed by atoms with Crippen molar-refractivity contribution in [3.05, 3.63) is 0 Å². The Morgan fingerprint density at radius 3 is 0.923 bits per heavy atom. The molecule has 0 bridgehead atoms. The van der Waals surface area contributed by atoms with Gasteiger partial charge in [-0.05, 0) is 12.8 Å². The van der Waals surface area contributed by atoms with Crippen LogP contribution >= 0.6 is 0 Å². The van der Waals surface area contributed by atoms with Crippen LogP contribution in [-0.4, -0.2) is 57.3 Å². The van der Waals surface area contributed by atoms with E-state index in [2.05, 4.69) is 19.2 Å². The van der Waals surface area contributed by atoms with Crippen molar-refractivity contribution in [1.29, 1.82) is 0 Å². The van der Waals surface area contributed by atoms with Crippen LogP contribution in [0.4, 0.5) is 0 Å². The summed E-state index contributed by atoms with van der Waals surface area (Å²) >= 11 is 0. The van der Waals surface area contributed by atoms with Gasteiger partial charge in [0, 0.05) is 0 Å². The van der Waals surface area contributed by atoms with Crippen LogP contribution in [0.25, 0.3) is 0 Å². The van der Waals surface area contributed by atoms with Crippen LogP contribution in [-0.2, 0) is 4.79 Å². The smallest absolute Gasteiger partial charge is 0.249 e. The number of hydrogen-bond acceptors (Lipinski definition) is 5. The van der Waals surface area contributed by atoms with Crippen molar-refractivity contribution in [1.82, 2.24) is 5.32 Å². The van der Waals surface area contributed by atoms with E-state index >= 15 is 0 Å². The van der Waals surface area contributed by atoms with E-state index in [0.717, 1.165) is 38.5 Å². The van der Waals surface area contributed by atoms with Crippen molar-refractivity contribution < 1.29 is 25.2 Å². The van der Waals surface area contributed by atoms with Gasteiger partial charge in [-0.1, -0.05) is 245 Å². The molecule has 0 saturated carbocycles. The summed E-state index contributed by atoms with van der Waals surface area (Å²) in [5.41, 5.74) is 0. The van der Waals surface area contributed by atoms with E-state index in [0.29, 0.717) is 12.8 Å². The second-order valence-electron chi connectivity index (χ2n) is 16.5. The summed E-state index contributed by atoms with van der Waals surface area (Å²) in [7, 11) is 0. The lowest BCUT2D eigenvalue weighted by molar-refractivity contribution is -0.132. The number of unbranched alkanes of at least 4 members (excludes halogenated alkanes) is 34. The monoisotopic (exact) mass is 740 g/mol. The van der Waals surface area contributed by atoms with Gasteiger partial charge >= 0.3 is 0 Å². The Balaban J connectivity index is 3.53. The minimum atomic E-state index is -1.25. The third kappa shape index (κ3) is 35.0. The van der Waals surface area contributed by atoms with Crippen LogP contribution in [0.15, 0.2) is 0 Å². The highest BCUT2D eigenvalue weighted by atomic mass is 16.3. The molecule has 0 saturated heterocycles. The molecule has 0 heterocycles. The molecule has 0 aliphatic rings. The predicted octanol–water partition coefficient (Wildman–Crippen LogP) is 12.4. The van der Waals surface area contributed by atoms with Crippen LogP contribution in [0.1, 0.15) is 258 Å². The first kappa shape index (κ1) is 51.3. The maximum Gasteiger partial charge on any atom is 0.249 e. The Morgan fingerprint density at radius 2 is 0.654 bits per heavy atom. The highest BCUT2D eigenvalue weighted by Crippen LogP contribution is 2.18. The molecule has 4 atom stereocenters. The van der Waals surface area contributed by atoms with Gasteiger partial charge in [0.1, 0.15) is 12.2 Å². The minimum Gasteiger partial charge on any atom is -0.394 e. The van der Waals surface area contributed by atoms with Gasteiger partial charge in [0.15, 0.2) is 0 Å². The molecule has 0 spiro atoms. The lowest BCUT2D eigenvalue weighted by Crippen LogP contribution is -2.53. The van der Waals surface area contributed by atoms with Crippen molar-refractivity contribution in [2.75, 3.05) is 6.61 Å². The Labute approximate surface area is 324 Å². The molecule has 0 rings (SSSR count). The largest absolute Gasteiger partial charge is 0.394 e. The number of aliphatic hydroxyl groups is 4. The van der Waals surface area contributed by atoms with Gasteiger partial charge in [-0.2, -0.15) is 0 Å². The molecule has 312 valence electrons. The second-order valence-corrected chi connectivity index (χ2v) is 16.5. The second kappa shape index (κ2) is 41.5. The van der Waals surface area contributed by atoms with E-state index in [9.17, 15) is 25.2 Å². The van der Waals surface area contributed by atoms with Crippen LogP contribution < -0.4 is 5.32 Å². The molecular weight excluding hydrogens is 647 g/mol. The molecule has 0 aromatic rings. The number of hydrogen-bond donors (Lipinski definition) is 5. The van der Waals surface area contributed by atoms with Crippen LogP contribution in [0.3, 0.4) is 0 Å². The highest BCUT2D eigenvalue weighted by Gasteiger charge is 2.28. The number of carbonyl (C=O) groups is 1. The summed E-state index contributed by atoms with van der Waals surface area (Å²) in [6.07, 6.45) is 44.6. The SMILES string of the molecule is CCCCCCCCCCCCCCCCCCCCCCCCCCCCCCC(O)C(O)C(CO)NC(=O)C(O)CCCCCCCCCC. The number of nitrogens with one attached hydrogen (secondary N) is 1. The Morgan fingerprint density at radius 1 is 0.404 bits per heavy atom. The first-order valence-corrected chi connectivity index (χ1v) is 23.4. The zero-order valence-electron chi connectivity index (χ0n) is 35.1. The van der Waals surface area contributed by atoms with Gasteiger partial charge in [0.25, 0.3) is 0 Å². The molecule has 5 N–H and O–H groups in total. The standard InChI is InChI=1S/C46H93NO5/c1-3-5-7-9-11-13-14-15-16-17-18-19-20-21-22-23-24-25-26-27-28-29-30-31-32-34-35-37-39-43(49)45(51)42(41-48)47-46(52)44(50)40-38-36-33-12-10-8-6-4-2/h42-45,48-51H,3-41H2,1-2H3,(H,47,52). The molecule has 0 fully saturated rings. The van der Waals surface area contributed by atoms with Crippen LogP contribution in [0.5, 0.6) is 0 Å². The van der Waals surface area contributed by atoms with Crippen LogP contribution in [0.2, 0.25) is 0 Å². The number of carbonyl (C=O) groups excluding carboxylic acids is 1. The molecular formula is C46H93NO5. The third-order valence-electron chi connectivity index (χ3n) is 11.3. The Hall–Kier alpha value is -0.690. The van der Waals surface area contributed by atoms with Crippen molar-refractivity contribution in [3.63, 3.8) is 0 Å². The molecule has 4 unspecified atom stereocenters. The molecule has 0 aromatic heterocycles. The Kier molecular flexibility index (Phi) is 40.9. The average Bonchev–Trinajstić information content (AvgIpc) is 3.15. The van der Waals surface area contributed by atoms with E-state index in [4.69, 9.17) is 0 Å². The first-order valence-electron chi connectivity index (χ1n) is 23.4. The van der Waals surface area contributed by atoms with E-state index in [-0.39, 0.29) is 0 Å². The molecule has 0 radical (unpaired) electrons. The summed E-state index contributed by atoms with van der Waals surface area (Å²) in [5.74, 6) is -0.584. The van der Waals surface area contributed by atoms with Gasteiger partial charge in [-0.3, -0.25) is 4.79 Å². The van der Waals surface area contributed by atoms with Gasteiger partial charge in [0.2, 0.25) is 5.91 Å². The Bertz CT molecular complexity index is 706. The zero-order valence-corrected chi connectivity index (χ0v) is 35.1. The van der Waals surface area contributed by atoms with Crippen molar-refractivity contribution >= 4 is 5.91 Å². The van der Waals surface area contributed by atoms with Gasteiger partial charge in [-0.25, -0.2) is 0 Å². The van der Waals surface area contributed by atoms with E-state index in [1.165, 1.54) is 193 Å². The molecule has 6 heteroatoms. The maximum absolute atomic E-state index is 12.4. The highest BCUT2D eigenvalue weighted by molar-refractivity contribution is 5.80. The van der Waals surface area contributed by atoms with Crippen molar-refractivity contribution in [2.24, 2.45) is 0 Å². The van der Waals surface area contributed by atoms with Gasteiger partial charge in [-0.15, -0.1) is 0 Å². The fraction of sp³-hybridized carbons (Fsp3) is 0.978. The number of rotatable bonds is 43. The topological polar surface area (TPSA) is 110 Å². The van der Waals surface area contributed by atoms with Crippen molar-refractivity contribution in [2.45, 2.75) is 282 Å². The molecule has 1 amide bonds. The van der Waals surface area contributed by atoms with E-state index in [1.54, 1.807) is 0 Å². The predicted molar refractivity (Wildman–Crippen MR) is 224 cm³/mol. The quantitative estimate of drug-likeness (QED) is 0.0400. The number of aliphatic hydroxyl groups excluding tert-OH is 4. The van der Waals surface area contributed by atoms with Crippen molar-refractivity contribution in [3.8, 4) is 0 Å². The summed E-state index contributed by atoms with van der Waals surface area (Å²) in [6, 6.07) is -0.977. The lowest BCUT2D eigenvalue weighted by Gasteiger charge is -2.27. The fourth-order valence-corrected chi connectivity index (χ4v) is 7.58. The van der Waals surface area contributed by atoms with Gasteiger partial charge < -0.3 is 25.7 Å². The molecule has 52 heavy (non-hydrogen) atoms. The fourth-order valence-electron chi connectivity index (χ4n) is 7.58. The summed E-state index contributed by atoms with van der Waals surface area (Å²) in [6.45, 7) is 4.02. The minimum absolute atomic E-state index is 0.372. The number of amides is 1. The summed E-state index contributed by atoms with van der Waals surface area (Å²) in [5, 5.41) is 43.5. The third-order valence-corrected chi connectivity index (χ3v) is 11.3. The van der Waals surface area contributed by atoms with Crippen LogP contribution in [0, 0.1) is 0 Å². The first-order chi connectivity index (χ1) is 25.5. The van der Waals surface area contributed by atoms with E-state index in [1.807, 2.05) is 0 Å². The lowest BCUT2D eigenvalue weighted by atomic mass is 9.99. The summed E-state index contributed by atoms with van der Waals surface area (Å²) < 4.78 is 0. The zero-order chi connectivity index (χ0) is 38.2. The summed E-state index contributed by atoms with van der Waals surface area (Å²) in [4.78, 5) is 12.4. The van der Waals surface area contributed by atoms with Gasteiger partial charge in [0.05, 0.1) is 18.8 Å². The molecule has 0 aliphatic heterocycles.